The Morgan fingerprint density at radius 2 is 0.609 bits per heavy atom. The fourth-order valence-corrected chi connectivity index (χ4v) is 6.46. The van der Waals surface area contributed by atoms with E-state index >= 15 is 0 Å². The minimum Gasteiger partial charge on any atom is -0.497 e. The molecule has 0 heterocycles. The van der Waals surface area contributed by atoms with Crippen molar-refractivity contribution >= 4 is 21.5 Å². The van der Waals surface area contributed by atoms with Gasteiger partial charge in [0.05, 0.1) is 28.4 Å². The van der Waals surface area contributed by atoms with Crippen molar-refractivity contribution in [2.24, 2.45) is 0 Å². The van der Waals surface area contributed by atoms with E-state index < -0.39 is 0 Å². The Hall–Kier alpha value is -5.74. The van der Waals surface area contributed by atoms with E-state index in [0.29, 0.717) is 0 Å². The minimum atomic E-state index is 0.784. The summed E-state index contributed by atoms with van der Waals surface area (Å²) >= 11 is 0. The van der Waals surface area contributed by atoms with Crippen molar-refractivity contribution in [2.75, 3.05) is 28.4 Å². The highest BCUT2D eigenvalue weighted by atomic mass is 16.5. The normalized spacial score (nSPS) is 11.0. The molecule has 0 unspecified atom stereocenters. The number of benzene rings is 7. The van der Waals surface area contributed by atoms with Gasteiger partial charge in [0.25, 0.3) is 0 Å². The lowest BCUT2D eigenvalue weighted by atomic mass is 9.78. The molecule has 0 saturated carbocycles. The summed E-state index contributed by atoms with van der Waals surface area (Å²) in [6.45, 7) is 0. The maximum Gasteiger partial charge on any atom is 0.119 e. The first-order valence-electron chi connectivity index (χ1n) is 15.2. The number of hydrogen-bond acceptors (Lipinski definition) is 4. The Bertz CT molecular complexity index is 2060. The highest BCUT2D eigenvalue weighted by Gasteiger charge is 2.25. The van der Waals surface area contributed by atoms with Gasteiger partial charge in [-0.2, -0.15) is 0 Å². The Balaban J connectivity index is 1.79. The average Bonchev–Trinajstić information content (AvgIpc) is 3.13. The third-order valence-electron chi connectivity index (χ3n) is 8.61. The van der Waals surface area contributed by atoms with Gasteiger partial charge in [-0.25, -0.2) is 0 Å². The first kappa shape index (κ1) is 29.0. The lowest BCUT2D eigenvalue weighted by Crippen LogP contribution is -1.99. The van der Waals surface area contributed by atoms with Crippen molar-refractivity contribution in [3.8, 4) is 67.5 Å². The van der Waals surface area contributed by atoms with E-state index in [4.69, 9.17) is 18.9 Å². The molecule has 0 spiro atoms. The summed E-state index contributed by atoms with van der Waals surface area (Å²) in [6.07, 6.45) is 0. The lowest BCUT2D eigenvalue weighted by Gasteiger charge is -2.25. The van der Waals surface area contributed by atoms with Crippen LogP contribution in [0.3, 0.4) is 0 Å². The number of hydrogen-bond donors (Lipinski definition) is 0. The number of fused-ring (bicyclic) bond motifs is 2. The van der Waals surface area contributed by atoms with Gasteiger partial charge in [0.15, 0.2) is 0 Å². The Morgan fingerprint density at radius 1 is 0.304 bits per heavy atom. The minimum absolute atomic E-state index is 0.784. The van der Waals surface area contributed by atoms with Crippen LogP contribution in [0.5, 0.6) is 23.0 Å². The van der Waals surface area contributed by atoms with Gasteiger partial charge >= 0.3 is 0 Å². The van der Waals surface area contributed by atoms with Gasteiger partial charge in [0.2, 0.25) is 0 Å². The van der Waals surface area contributed by atoms with Gasteiger partial charge in [-0.05, 0) is 127 Å². The van der Waals surface area contributed by atoms with Crippen molar-refractivity contribution in [3.63, 3.8) is 0 Å². The third kappa shape index (κ3) is 5.18. The molecule has 0 aliphatic carbocycles. The fraction of sp³-hybridized carbons (Fsp3) is 0.0952. The van der Waals surface area contributed by atoms with Gasteiger partial charge in [0.1, 0.15) is 23.0 Å². The largest absolute Gasteiger partial charge is 0.497 e. The van der Waals surface area contributed by atoms with E-state index in [9.17, 15) is 0 Å². The molecular weight excluding hydrogens is 568 g/mol. The molecule has 0 N–H and O–H groups in total. The first-order chi connectivity index (χ1) is 22.6. The molecule has 0 aromatic heterocycles. The second-order valence-electron chi connectivity index (χ2n) is 11.2. The zero-order chi connectivity index (χ0) is 31.6. The topological polar surface area (TPSA) is 36.9 Å². The number of methoxy groups -OCH3 is 4. The zero-order valence-corrected chi connectivity index (χ0v) is 26.3. The predicted molar refractivity (Wildman–Crippen MR) is 189 cm³/mol. The second-order valence-corrected chi connectivity index (χ2v) is 11.2. The molecule has 0 aliphatic heterocycles. The molecule has 0 saturated heterocycles. The molecule has 4 nitrogen and oxygen atoms in total. The second kappa shape index (κ2) is 12.3. The van der Waals surface area contributed by atoms with Crippen LogP contribution in [0.25, 0.3) is 66.1 Å². The summed E-state index contributed by atoms with van der Waals surface area (Å²) in [5, 5.41) is 4.60. The molecule has 0 aliphatic rings. The number of ether oxygens (including phenoxy) is 4. The standard InChI is InChI=1S/C42H34O4/c1-43-33-17-7-13-29(21-33)39-37-25-27-11-5-6-12-28(27)26-38(37)40(30-14-8-18-34(22-30)44-2)42(32-16-10-20-36(24-32)46-4)41(39)31-15-9-19-35(23-31)45-3/h5-26H,1-4H3. The Kier molecular flexibility index (Phi) is 7.78. The van der Waals surface area contributed by atoms with Crippen LogP contribution in [0.1, 0.15) is 0 Å². The van der Waals surface area contributed by atoms with Crippen LogP contribution in [0.4, 0.5) is 0 Å². The number of rotatable bonds is 8. The van der Waals surface area contributed by atoms with Crippen molar-refractivity contribution in [1.29, 1.82) is 0 Å². The van der Waals surface area contributed by atoms with E-state index in [-0.39, 0.29) is 0 Å². The first-order valence-corrected chi connectivity index (χ1v) is 15.2. The van der Waals surface area contributed by atoms with Gasteiger partial charge in [-0.15, -0.1) is 0 Å². The van der Waals surface area contributed by atoms with Crippen molar-refractivity contribution in [2.45, 2.75) is 0 Å². The van der Waals surface area contributed by atoms with Gasteiger partial charge in [-0.1, -0.05) is 72.8 Å². The molecule has 7 rings (SSSR count). The van der Waals surface area contributed by atoms with Crippen LogP contribution in [-0.2, 0) is 0 Å². The summed E-state index contributed by atoms with van der Waals surface area (Å²) in [7, 11) is 6.83. The lowest BCUT2D eigenvalue weighted by molar-refractivity contribution is 0.415. The van der Waals surface area contributed by atoms with Gasteiger partial charge in [-0.3, -0.25) is 0 Å². The summed E-state index contributed by atoms with van der Waals surface area (Å²) in [5.74, 6) is 3.16. The molecule has 7 aromatic carbocycles. The smallest absolute Gasteiger partial charge is 0.119 e. The average molecular weight is 603 g/mol. The Morgan fingerprint density at radius 3 is 0.913 bits per heavy atom. The molecule has 7 aromatic rings. The molecule has 0 amide bonds. The molecule has 4 heteroatoms. The maximum atomic E-state index is 5.77. The van der Waals surface area contributed by atoms with Crippen LogP contribution in [0.15, 0.2) is 133 Å². The molecular formula is C42H34O4. The SMILES string of the molecule is COc1cccc(-c2c(-c3cccc(OC)c3)c(-c3cccc(OC)c3)c3cc4ccccc4cc3c2-c2cccc(OC)c2)c1. The zero-order valence-electron chi connectivity index (χ0n) is 26.3. The van der Waals surface area contributed by atoms with E-state index in [0.717, 1.165) is 78.3 Å². The molecule has 226 valence electrons. The van der Waals surface area contributed by atoms with E-state index in [2.05, 4.69) is 109 Å². The van der Waals surface area contributed by atoms with Crippen LogP contribution < -0.4 is 18.9 Å². The van der Waals surface area contributed by atoms with E-state index in [1.165, 1.54) is 10.8 Å². The van der Waals surface area contributed by atoms with Crippen LogP contribution in [-0.4, -0.2) is 28.4 Å². The van der Waals surface area contributed by atoms with Crippen LogP contribution >= 0.6 is 0 Å². The summed E-state index contributed by atoms with van der Waals surface area (Å²) in [4.78, 5) is 0. The maximum absolute atomic E-state index is 5.77. The third-order valence-corrected chi connectivity index (χ3v) is 8.61. The summed E-state index contributed by atoms with van der Waals surface area (Å²) in [5.41, 5.74) is 8.57. The molecule has 0 fully saturated rings. The van der Waals surface area contributed by atoms with Crippen LogP contribution in [0, 0.1) is 0 Å². The van der Waals surface area contributed by atoms with Crippen molar-refractivity contribution < 1.29 is 18.9 Å². The molecule has 0 atom stereocenters. The summed E-state index contributed by atoms with van der Waals surface area (Å²) < 4.78 is 23.1. The highest BCUT2D eigenvalue weighted by molar-refractivity contribution is 6.20. The van der Waals surface area contributed by atoms with Crippen molar-refractivity contribution in [1.82, 2.24) is 0 Å². The monoisotopic (exact) mass is 602 g/mol. The van der Waals surface area contributed by atoms with Crippen LogP contribution in [0.2, 0.25) is 0 Å². The molecule has 0 bridgehead atoms. The summed E-state index contributed by atoms with van der Waals surface area (Å²) in [6, 6.07) is 46.4. The van der Waals surface area contributed by atoms with E-state index in [1.54, 1.807) is 28.4 Å². The Labute approximate surface area is 269 Å². The fourth-order valence-electron chi connectivity index (χ4n) is 6.46. The van der Waals surface area contributed by atoms with E-state index in [1.807, 2.05) is 24.3 Å². The van der Waals surface area contributed by atoms with Gasteiger partial charge < -0.3 is 18.9 Å². The molecule has 46 heavy (non-hydrogen) atoms. The predicted octanol–water partition coefficient (Wildman–Crippen LogP) is 10.7. The highest BCUT2D eigenvalue weighted by Crippen LogP contribution is 2.52. The van der Waals surface area contributed by atoms with Gasteiger partial charge in [0, 0.05) is 0 Å². The molecule has 0 radical (unpaired) electrons. The van der Waals surface area contributed by atoms with Crippen molar-refractivity contribution in [3.05, 3.63) is 133 Å². The quantitative estimate of drug-likeness (QED) is 0.162.